The number of ether oxygens (including phenoxy) is 3. The topological polar surface area (TPSA) is 112 Å². The Kier molecular flexibility index (Phi) is 3.90. The van der Waals surface area contributed by atoms with Crippen LogP contribution in [0.2, 0.25) is 0 Å². The molecule has 4 aliphatic heterocycles. The zero-order valence-corrected chi connectivity index (χ0v) is 17.9. The summed E-state index contributed by atoms with van der Waals surface area (Å²) in [5.74, 6) is 0.312. The van der Waals surface area contributed by atoms with E-state index in [1.165, 1.54) is 29.6 Å². The Labute approximate surface area is 182 Å². The van der Waals surface area contributed by atoms with Crippen LogP contribution in [0.25, 0.3) is 0 Å². The van der Waals surface area contributed by atoms with Gasteiger partial charge in [-0.3, -0.25) is 0 Å². The maximum Gasteiger partial charge on any atom is 0.495 e. The Balaban J connectivity index is 1.44. The van der Waals surface area contributed by atoms with Crippen LogP contribution in [0, 0.1) is 0 Å². The van der Waals surface area contributed by atoms with Gasteiger partial charge in [-0.1, -0.05) is 15.9 Å². The molecule has 1 fully saturated rings. The van der Waals surface area contributed by atoms with Gasteiger partial charge in [-0.15, -0.1) is 0 Å². The molecule has 1 aromatic heterocycles. The largest absolute Gasteiger partial charge is 0.495 e. The van der Waals surface area contributed by atoms with E-state index in [-0.39, 0.29) is 12.4 Å². The second kappa shape index (κ2) is 6.37. The van der Waals surface area contributed by atoms with Crippen molar-refractivity contribution in [2.45, 2.75) is 24.3 Å². The van der Waals surface area contributed by atoms with Gasteiger partial charge in [-0.2, -0.15) is 0 Å². The van der Waals surface area contributed by atoms with Crippen molar-refractivity contribution in [1.82, 2.24) is 13.9 Å². The molecule has 5 heterocycles. The van der Waals surface area contributed by atoms with Crippen molar-refractivity contribution >= 4 is 34.5 Å². The Morgan fingerprint density at radius 2 is 1.81 bits per heavy atom. The maximum atomic E-state index is 12.7. The Hall–Kier alpha value is -2.77. The van der Waals surface area contributed by atoms with Gasteiger partial charge in [-0.05, 0) is 18.2 Å². The van der Waals surface area contributed by atoms with E-state index in [1.54, 1.807) is 6.07 Å². The van der Waals surface area contributed by atoms with E-state index in [0.717, 1.165) is 9.05 Å². The van der Waals surface area contributed by atoms with Crippen molar-refractivity contribution in [1.29, 1.82) is 0 Å². The molecule has 0 amide bonds. The number of halogens is 1. The van der Waals surface area contributed by atoms with Crippen LogP contribution in [0.4, 0.5) is 0 Å². The van der Waals surface area contributed by atoms with E-state index < -0.39 is 48.8 Å². The molecule has 11 nitrogen and oxygen atoms in total. The summed E-state index contributed by atoms with van der Waals surface area (Å²) < 4.78 is 32.7. The molecule has 7 rings (SSSR count). The van der Waals surface area contributed by atoms with E-state index in [0.29, 0.717) is 17.0 Å². The lowest BCUT2D eigenvalue weighted by Crippen LogP contribution is -2.54. The summed E-state index contributed by atoms with van der Waals surface area (Å²) in [4.78, 5) is 37.8. The first kappa shape index (κ1) is 19.0. The fourth-order valence-electron chi connectivity index (χ4n) is 4.66. The highest BCUT2D eigenvalue weighted by Gasteiger charge is 2.57. The molecule has 1 aromatic carbocycles. The molecule has 160 valence electrons. The van der Waals surface area contributed by atoms with E-state index in [4.69, 9.17) is 23.5 Å². The number of methoxy groups -OCH3 is 1. The number of rotatable bonds is 2. The minimum atomic E-state index is -0.931. The Bertz CT molecular complexity index is 1300. The van der Waals surface area contributed by atoms with Gasteiger partial charge in [0.15, 0.2) is 11.5 Å². The minimum Gasteiger partial charge on any atom is -0.465 e. The number of esters is 1. The van der Waals surface area contributed by atoms with Gasteiger partial charge in [-0.25, -0.2) is 28.3 Å². The highest BCUT2D eigenvalue weighted by atomic mass is 79.9. The Morgan fingerprint density at radius 3 is 2.55 bits per heavy atom. The second-order valence-electron chi connectivity index (χ2n) is 7.62. The molecule has 4 atom stereocenters. The lowest BCUT2D eigenvalue weighted by atomic mass is 9.75. The lowest BCUT2D eigenvalue weighted by Gasteiger charge is -2.42. The molecule has 1 aliphatic carbocycles. The van der Waals surface area contributed by atoms with E-state index in [2.05, 4.69) is 15.9 Å². The van der Waals surface area contributed by atoms with Gasteiger partial charge >= 0.3 is 24.5 Å². The van der Waals surface area contributed by atoms with Crippen LogP contribution >= 0.6 is 15.9 Å². The van der Waals surface area contributed by atoms with Crippen LogP contribution in [0.15, 0.2) is 32.3 Å². The molecule has 13 heteroatoms. The average Bonchev–Trinajstić information content (AvgIpc) is 3.47. The van der Waals surface area contributed by atoms with Crippen LogP contribution < -0.4 is 26.3 Å². The predicted molar refractivity (Wildman–Crippen MR) is 108 cm³/mol. The molecule has 0 radical (unpaired) electrons. The number of hydrogen-bond acceptors (Lipinski definition) is 8. The molecule has 0 saturated carbocycles. The summed E-state index contributed by atoms with van der Waals surface area (Å²) in [7, 11) is 1.79. The average molecular weight is 492 g/mol. The molecular weight excluding hydrogens is 477 g/mol. The van der Waals surface area contributed by atoms with Crippen LogP contribution in [0.3, 0.4) is 0 Å². The Morgan fingerprint density at radius 1 is 1.13 bits per heavy atom. The van der Waals surface area contributed by atoms with E-state index >= 15 is 0 Å². The maximum absolute atomic E-state index is 12.7. The van der Waals surface area contributed by atoms with Gasteiger partial charge in [0.2, 0.25) is 6.79 Å². The van der Waals surface area contributed by atoms with Gasteiger partial charge in [0.1, 0.15) is 12.1 Å². The van der Waals surface area contributed by atoms with Crippen LogP contribution in [0.5, 0.6) is 11.5 Å². The molecule has 0 spiro atoms. The first-order chi connectivity index (χ1) is 14.9. The molecular formula is C18H15BBrN3O8. The normalized spacial score (nSPS) is 27.2. The summed E-state index contributed by atoms with van der Waals surface area (Å²) >= 11 is 3.52. The summed E-state index contributed by atoms with van der Waals surface area (Å²) in [5.41, 5.74) is -0.220. The standard InChI is InChI=1S/C18H15BBrN3O8/c1-21-17(25)22-10-5-9(20)13(23(22)18(21)26)15-14(10)30-19(31-15)8-4-12-11(28-6-29-12)3-7(8)16(24)27-2/h3-5,10,13-15H,6H2,1-2H3/t10-,13-,14+,15-/m1/s1. The monoisotopic (exact) mass is 491 g/mol. The first-order valence-corrected chi connectivity index (χ1v) is 10.3. The highest BCUT2D eigenvalue weighted by molar-refractivity contribution is 9.11. The second-order valence-corrected chi connectivity index (χ2v) is 8.53. The fraction of sp³-hybridized carbons (Fsp3) is 0.389. The third-order valence-corrected chi connectivity index (χ3v) is 6.83. The van der Waals surface area contributed by atoms with Crippen molar-refractivity contribution < 1.29 is 28.3 Å². The number of benzene rings is 1. The number of carbonyl (C=O) groups is 1. The van der Waals surface area contributed by atoms with Crippen molar-refractivity contribution in [3.05, 3.63) is 49.2 Å². The summed E-state index contributed by atoms with van der Waals surface area (Å²) in [6.07, 6.45) is 0.760. The number of hydrogen-bond donors (Lipinski definition) is 0. The summed E-state index contributed by atoms with van der Waals surface area (Å²) in [6, 6.07) is 2.04. The smallest absolute Gasteiger partial charge is 0.465 e. The zero-order chi connectivity index (χ0) is 21.6. The van der Waals surface area contributed by atoms with Crippen LogP contribution in [-0.2, 0) is 21.1 Å². The number of aromatic nitrogens is 3. The van der Waals surface area contributed by atoms with Gasteiger partial charge < -0.3 is 23.5 Å². The summed E-state index contributed by atoms with van der Waals surface area (Å²) in [6.45, 7) is 0.0414. The minimum absolute atomic E-state index is 0.0414. The SMILES string of the molecule is COC(=O)c1cc2c(cc1B1O[C@@H]3[C@H](O1)[C@H]1C(Br)=C[C@H]3n3c(=O)n(C)c(=O)n31)OCO2. The molecule has 31 heavy (non-hydrogen) atoms. The van der Waals surface area contributed by atoms with Crippen molar-refractivity contribution in [3.63, 3.8) is 0 Å². The van der Waals surface area contributed by atoms with Gasteiger partial charge in [0.05, 0.1) is 24.9 Å². The summed E-state index contributed by atoms with van der Waals surface area (Å²) in [5, 5.41) is 0. The van der Waals surface area contributed by atoms with E-state index in [1.807, 2.05) is 6.08 Å². The number of nitrogens with zero attached hydrogens (tertiary/aromatic N) is 3. The zero-order valence-electron chi connectivity index (χ0n) is 16.3. The van der Waals surface area contributed by atoms with Crippen LogP contribution in [0.1, 0.15) is 22.4 Å². The molecule has 2 aromatic rings. The van der Waals surface area contributed by atoms with Gasteiger partial charge in [0, 0.05) is 17.0 Å². The fourth-order valence-corrected chi connectivity index (χ4v) is 5.39. The number of fused-ring (bicyclic) bond motifs is 1. The molecule has 0 N–H and O–H groups in total. The first-order valence-electron chi connectivity index (χ1n) is 9.50. The quantitative estimate of drug-likeness (QED) is 0.405. The molecule has 2 bridgehead atoms. The van der Waals surface area contributed by atoms with Gasteiger partial charge in [0.25, 0.3) is 0 Å². The third kappa shape index (κ3) is 2.39. The number of carbonyl (C=O) groups excluding carboxylic acids is 1. The third-order valence-electron chi connectivity index (χ3n) is 6.09. The predicted octanol–water partition coefficient (Wildman–Crippen LogP) is -0.569. The highest BCUT2D eigenvalue weighted by Crippen LogP contribution is 2.47. The van der Waals surface area contributed by atoms with Crippen LogP contribution in [-0.4, -0.2) is 53.1 Å². The van der Waals surface area contributed by atoms with Crippen molar-refractivity contribution in [2.24, 2.45) is 7.05 Å². The van der Waals surface area contributed by atoms with E-state index in [9.17, 15) is 14.4 Å². The van der Waals surface area contributed by atoms with Crippen molar-refractivity contribution in [2.75, 3.05) is 13.9 Å². The molecule has 5 aliphatic rings. The molecule has 0 unspecified atom stereocenters. The molecule has 1 saturated heterocycles. The van der Waals surface area contributed by atoms with Crippen molar-refractivity contribution in [3.8, 4) is 11.5 Å². The lowest BCUT2D eigenvalue weighted by molar-refractivity contribution is 0.0256.